The minimum absolute atomic E-state index is 0.0584. The Morgan fingerprint density at radius 3 is 2.37 bits per heavy atom. The highest BCUT2D eigenvalue weighted by Crippen LogP contribution is 2.30. The van der Waals surface area contributed by atoms with E-state index >= 15 is 0 Å². The molecule has 1 aromatic carbocycles. The third-order valence-corrected chi connectivity index (χ3v) is 3.46. The molecule has 0 bridgehead atoms. The quantitative estimate of drug-likeness (QED) is 0.830. The van der Waals surface area contributed by atoms with Crippen molar-refractivity contribution < 1.29 is 4.79 Å². The van der Waals surface area contributed by atoms with Gasteiger partial charge in [0.15, 0.2) is 0 Å². The average molecular weight is 303 g/mol. The molecule has 0 spiro atoms. The van der Waals surface area contributed by atoms with E-state index in [2.05, 4.69) is 17.6 Å². The summed E-state index contributed by atoms with van der Waals surface area (Å²) < 4.78 is 0. The molecule has 2 N–H and O–H groups in total. The molecule has 1 rings (SSSR count). The van der Waals surface area contributed by atoms with Gasteiger partial charge in [-0.2, -0.15) is 0 Å². The molecule has 2 unspecified atom stereocenters. The number of halogens is 2. The predicted molar refractivity (Wildman–Crippen MR) is 82.1 cm³/mol. The molecule has 3 nitrogen and oxygen atoms in total. The second-order valence-electron chi connectivity index (χ2n) is 4.66. The van der Waals surface area contributed by atoms with E-state index in [1.54, 1.807) is 25.1 Å². The molecule has 0 saturated carbocycles. The number of carbonyl (C=O) groups is 1. The summed E-state index contributed by atoms with van der Waals surface area (Å²) in [6.45, 7) is 5.87. The van der Waals surface area contributed by atoms with Crippen molar-refractivity contribution in [2.45, 2.75) is 45.7 Å². The Hall–Kier alpha value is -0.930. The molecule has 0 aliphatic heterocycles. The highest BCUT2D eigenvalue weighted by molar-refractivity contribution is 6.39. The minimum atomic E-state index is -0.392. The van der Waals surface area contributed by atoms with Crippen LogP contribution in [0.4, 0.5) is 5.69 Å². The van der Waals surface area contributed by atoms with E-state index in [1.165, 1.54) is 0 Å². The Morgan fingerprint density at radius 1 is 1.26 bits per heavy atom. The lowest BCUT2D eigenvalue weighted by Gasteiger charge is -2.20. The Kier molecular flexibility index (Phi) is 6.46. The summed E-state index contributed by atoms with van der Waals surface area (Å²) in [5.41, 5.74) is 0.594. The third-order valence-electron chi connectivity index (χ3n) is 2.83. The van der Waals surface area contributed by atoms with Crippen LogP contribution in [0.1, 0.15) is 33.6 Å². The van der Waals surface area contributed by atoms with Gasteiger partial charge in [0.25, 0.3) is 0 Å². The highest BCUT2D eigenvalue weighted by Gasteiger charge is 2.17. The number of rotatable bonds is 6. The van der Waals surface area contributed by atoms with Crippen LogP contribution in [0, 0.1) is 0 Å². The van der Waals surface area contributed by atoms with E-state index < -0.39 is 6.04 Å². The molecule has 0 saturated heterocycles. The maximum absolute atomic E-state index is 12.0. The first-order valence-electron chi connectivity index (χ1n) is 6.46. The van der Waals surface area contributed by atoms with Gasteiger partial charge in [-0.05, 0) is 32.4 Å². The Bertz CT molecular complexity index is 417. The van der Waals surface area contributed by atoms with Gasteiger partial charge in [-0.3, -0.25) is 4.79 Å². The lowest BCUT2D eigenvalue weighted by Crippen LogP contribution is -2.42. The monoisotopic (exact) mass is 302 g/mol. The molecule has 0 aliphatic rings. The molecule has 1 aromatic rings. The molecule has 2 atom stereocenters. The molecule has 0 fully saturated rings. The van der Waals surface area contributed by atoms with Crippen molar-refractivity contribution >= 4 is 34.8 Å². The first kappa shape index (κ1) is 16.1. The normalized spacial score (nSPS) is 13.7. The van der Waals surface area contributed by atoms with E-state index in [4.69, 9.17) is 23.2 Å². The maximum atomic E-state index is 12.0. The van der Waals surface area contributed by atoms with Crippen LogP contribution in [0.25, 0.3) is 0 Å². The molecule has 0 radical (unpaired) electrons. The standard InChI is InChI=1S/C14H20Cl2N2O/c1-4-6-9(2)17-14(19)10(3)18-13-11(15)7-5-8-12(13)16/h5,7-10,18H,4,6H2,1-3H3,(H,17,19). The number of hydrogen-bond acceptors (Lipinski definition) is 2. The van der Waals surface area contributed by atoms with Crippen molar-refractivity contribution in [2.24, 2.45) is 0 Å². The van der Waals surface area contributed by atoms with Crippen LogP contribution in [0.5, 0.6) is 0 Å². The zero-order valence-corrected chi connectivity index (χ0v) is 13.0. The van der Waals surface area contributed by atoms with E-state index in [9.17, 15) is 4.79 Å². The lowest BCUT2D eigenvalue weighted by atomic mass is 10.2. The smallest absolute Gasteiger partial charge is 0.242 e. The Morgan fingerprint density at radius 2 is 1.84 bits per heavy atom. The second-order valence-corrected chi connectivity index (χ2v) is 5.48. The minimum Gasteiger partial charge on any atom is -0.371 e. The number of amides is 1. The van der Waals surface area contributed by atoms with Crippen LogP contribution in [0.15, 0.2) is 18.2 Å². The summed E-state index contributed by atoms with van der Waals surface area (Å²) >= 11 is 12.1. The van der Waals surface area contributed by atoms with E-state index in [1.807, 2.05) is 6.92 Å². The van der Waals surface area contributed by atoms with Crippen molar-refractivity contribution in [1.29, 1.82) is 0 Å². The van der Waals surface area contributed by atoms with E-state index in [0.29, 0.717) is 15.7 Å². The average Bonchev–Trinajstić information content (AvgIpc) is 2.34. The molecule has 19 heavy (non-hydrogen) atoms. The maximum Gasteiger partial charge on any atom is 0.242 e. The fourth-order valence-electron chi connectivity index (χ4n) is 1.79. The molecule has 1 amide bonds. The fraction of sp³-hybridized carbons (Fsp3) is 0.500. The SMILES string of the molecule is CCCC(C)NC(=O)C(C)Nc1c(Cl)cccc1Cl. The van der Waals surface area contributed by atoms with Gasteiger partial charge in [0, 0.05) is 6.04 Å². The summed E-state index contributed by atoms with van der Waals surface area (Å²) in [6.07, 6.45) is 2.00. The Balaban J connectivity index is 2.64. The van der Waals surface area contributed by atoms with Gasteiger partial charge in [0.05, 0.1) is 15.7 Å². The van der Waals surface area contributed by atoms with Crippen LogP contribution in [-0.2, 0) is 4.79 Å². The molecule has 0 heterocycles. The van der Waals surface area contributed by atoms with Crippen molar-refractivity contribution in [2.75, 3.05) is 5.32 Å². The number of anilines is 1. The van der Waals surface area contributed by atoms with E-state index in [0.717, 1.165) is 12.8 Å². The first-order chi connectivity index (χ1) is 8.95. The van der Waals surface area contributed by atoms with Crippen molar-refractivity contribution in [3.8, 4) is 0 Å². The molecule has 0 aliphatic carbocycles. The van der Waals surface area contributed by atoms with Gasteiger partial charge >= 0.3 is 0 Å². The number of carbonyl (C=O) groups excluding carboxylic acids is 1. The van der Waals surface area contributed by atoms with Crippen molar-refractivity contribution in [3.05, 3.63) is 28.2 Å². The second kappa shape index (κ2) is 7.61. The molecular weight excluding hydrogens is 283 g/mol. The zero-order chi connectivity index (χ0) is 14.4. The van der Waals surface area contributed by atoms with Gasteiger partial charge in [0.1, 0.15) is 6.04 Å². The fourth-order valence-corrected chi connectivity index (χ4v) is 2.30. The molecule has 5 heteroatoms. The summed E-state index contributed by atoms with van der Waals surface area (Å²) in [5.74, 6) is -0.0584. The van der Waals surface area contributed by atoms with Gasteiger partial charge in [-0.25, -0.2) is 0 Å². The van der Waals surface area contributed by atoms with Crippen LogP contribution in [0.2, 0.25) is 10.0 Å². The zero-order valence-electron chi connectivity index (χ0n) is 11.5. The third kappa shape index (κ3) is 4.92. The summed E-state index contributed by atoms with van der Waals surface area (Å²) in [7, 11) is 0. The van der Waals surface area contributed by atoms with Gasteiger partial charge < -0.3 is 10.6 Å². The number of hydrogen-bond donors (Lipinski definition) is 2. The summed E-state index contributed by atoms with van der Waals surface area (Å²) in [5, 5.41) is 7.02. The molecule has 0 aromatic heterocycles. The largest absolute Gasteiger partial charge is 0.371 e. The Labute approximate surface area is 124 Å². The van der Waals surface area contributed by atoms with Crippen LogP contribution in [0.3, 0.4) is 0 Å². The number of para-hydroxylation sites is 1. The first-order valence-corrected chi connectivity index (χ1v) is 7.22. The van der Waals surface area contributed by atoms with Crippen LogP contribution < -0.4 is 10.6 Å². The lowest BCUT2D eigenvalue weighted by molar-refractivity contribution is -0.122. The number of nitrogens with one attached hydrogen (secondary N) is 2. The number of benzene rings is 1. The highest BCUT2D eigenvalue weighted by atomic mass is 35.5. The topological polar surface area (TPSA) is 41.1 Å². The van der Waals surface area contributed by atoms with Gasteiger partial charge in [-0.15, -0.1) is 0 Å². The van der Waals surface area contributed by atoms with Gasteiger partial charge in [0.2, 0.25) is 5.91 Å². The van der Waals surface area contributed by atoms with Crippen LogP contribution in [-0.4, -0.2) is 18.0 Å². The summed E-state index contributed by atoms with van der Waals surface area (Å²) in [6, 6.07) is 5.02. The summed E-state index contributed by atoms with van der Waals surface area (Å²) in [4.78, 5) is 12.0. The van der Waals surface area contributed by atoms with Crippen molar-refractivity contribution in [1.82, 2.24) is 5.32 Å². The van der Waals surface area contributed by atoms with Gasteiger partial charge in [-0.1, -0.05) is 42.6 Å². The molecule has 106 valence electrons. The van der Waals surface area contributed by atoms with E-state index in [-0.39, 0.29) is 11.9 Å². The van der Waals surface area contributed by atoms with Crippen molar-refractivity contribution in [3.63, 3.8) is 0 Å². The molecular formula is C14H20Cl2N2O. The van der Waals surface area contributed by atoms with Crippen LogP contribution >= 0.6 is 23.2 Å². The predicted octanol–water partition coefficient (Wildman–Crippen LogP) is 4.10.